The smallest absolute Gasteiger partial charge is 0.128 e. The Kier molecular flexibility index (Phi) is 4.29. The lowest BCUT2D eigenvalue weighted by atomic mass is 10.1. The van der Waals surface area contributed by atoms with E-state index < -0.39 is 0 Å². The second-order valence-electron chi connectivity index (χ2n) is 5.57. The summed E-state index contributed by atoms with van der Waals surface area (Å²) in [6.45, 7) is 0. The van der Waals surface area contributed by atoms with Gasteiger partial charge >= 0.3 is 0 Å². The van der Waals surface area contributed by atoms with Gasteiger partial charge < -0.3 is 9.64 Å². The van der Waals surface area contributed by atoms with Gasteiger partial charge in [0.05, 0.1) is 12.6 Å². The maximum Gasteiger partial charge on any atom is 0.128 e. The van der Waals surface area contributed by atoms with Gasteiger partial charge in [-0.2, -0.15) is 0 Å². The van der Waals surface area contributed by atoms with Crippen LogP contribution in [0.3, 0.4) is 0 Å². The molecule has 0 saturated heterocycles. The first-order valence-corrected chi connectivity index (χ1v) is 7.56. The lowest BCUT2D eigenvalue weighted by molar-refractivity contribution is 0.414. The molecule has 116 valence electrons. The van der Waals surface area contributed by atoms with Crippen LogP contribution in [-0.4, -0.2) is 26.2 Å². The van der Waals surface area contributed by atoms with Crippen molar-refractivity contribution < 1.29 is 4.74 Å². The zero-order chi connectivity index (χ0) is 16.2. The largest absolute Gasteiger partial charge is 0.496 e. The third-order valence-corrected chi connectivity index (χ3v) is 3.86. The van der Waals surface area contributed by atoms with Gasteiger partial charge in [0.15, 0.2) is 0 Å². The highest BCUT2D eigenvalue weighted by atomic mass is 16.5. The summed E-state index contributed by atoms with van der Waals surface area (Å²) >= 11 is 0. The minimum absolute atomic E-state index is 0.866. The predicted molar refractivity (Wildman–Crippen MR) is 98.0 cm³/mol. The van der Waals surface area contributed by atoms with E-state index in [9.17, 15) is 0 Å². The van der Waals surface area contributed by atoms with E-state index in [0.717, 1.165) is 33.5 Å². The summed E-state index contributed by atoms with van der Waals surface area (Å²) in [4.78, 5) is 6.46. The molecule has 0 radical (unpaired) electrons. The van der Waals surface area contributed by atoms with Gasteiger partial charge in [-0.15, -0.1) is 0 Å². The fourth-order valence-corrected chi connectivity index (χ4v) is 2.56. The van der Waals surface area contributed by atoms with Gasteiger partial charge in [0, 0.05) is 43.0 Å². The summed E-state index contributed by atoms with van der Waals surface area (Å²) in [5.74, 6) is 0.866. The maximum atomic E-state index is 5.52. The summed E-state index contributed by atoms with van der Waals surface area (Å²) in [6.07, 6.45) is 6.03. The molecule has 0 bridgehead atoms. The second-order valence-corrected chi connectivity index (χ2v) is 5.57. The molecular weight excluding hydrogens is 284 g/mol. The number of anilines is 1. The topological polar surface area (TPSA) is 25.4 Å². The van der Waals surface area contributed by atoms with Crippen molar-refractivity contribution in [1.82, 2.24) is 4.98 Å². The van der Waals surface area contributed by atoms with Gasteiger partial charge in [-0.1, -0.05) is 30.4 Å². The Morgan fingerprint density at radius 1 is 0.957 bits per heavy atom. The zero-order valence-electron chi connectivity index (χ0n) is 13.7. The second kappa shape index (κ2) is 6.53. The number of rotatable bonds is 4. The van der Waals surface area contributed by atoms with Crippen LogP contribution in [-0.2, 0) is 0 Å². The summed E-state index contributed by atoms with van der Waals surface area (Å²) in [7, 11) is 5.74. The maximum absolute atomic E-state index is 5.52. The third-order valence-electron chi connectivity index (χ3n) is 3.86. The van der Waals surface area contributed by atoms with Crippen LogP contribution >= 0.6 is 0 Å². The molecule has 0 fully saturated rings. The molecule has 2 aromatic carbocycles. The Labute approximate surface area is 136 Å². The first-order valence-electron chi connectivity index (χ1n) is 7.56. The summed E-state index contributed by atoms with van der Waals surface area (Å²) in [6, 6.07) is 16.4. The van der Waals surface area contributed by atoms with Crippen LogP contribution in [0.15, 0.2) is 54.7 Å². The third kappa shape index (κ3) is 3.19. The van der Waals surface area contributed by atoms with Crippen molar-refractivity contribution in [1.29, 1.82) is 0 Å². The number of methoxy groups -OCH3 is 1. The van der Waals surface area contributed by atoms with E-state index in [-0.39, 0.29) is 0 Å². The number of hydrogen-bond donors (Lipinski definition) is 0. The van der Waals surface area contributed by atoms with Crippen LogP contribution in [0, 0.1) is 0 Å². The van der Waals surface area contributed by atoms with Gasteiger partial charge in [0.1, 0.15) is 5.75 Å². The van der Waals surface area contributed by atoms with Crippen LogP contribution in [0.2, 0.25) is 0 Å². The molecule has 1 heterocycles. The fraction of sp³-hybridized carbons (Fsp3) is 0.150. The van der Waals surface area contributed by atoms with Crippen LogP contribution in [0.1, 0.15) is 11.1 Å². The molecule has 3 rings (SSSR count). The first kappa shape index (κ1) is 15.1. The highest BCUT2D eigenvalue weighted by Crippen LogP contribution is 2.27. The Balaban J connectivity index is 1.99. The SMILES string of the molecule is COc1cc(N(C)C)ccc1C=Cc1ccnc2ccccc12. The number of hydrogen-bond acceptors (Lipinski definition) is 3. The van der Waals surface area contributed by atoms with Gasteiger partial charge in [0.2, 0.25) is 0 Å². The van der Waals surface area contributed by atoms with E-state index in [1.54, 1.807) is 7.11 Å². The number of ether oxygens (including phenoxy) is 1. The molecule has 0 aliphatic rings. The molecule has 3 heteroatoms. The van der Waals surface area contributed by atoms with Crippen molar-refractivity contribution in [3.05, 3.63) is 65.9 Å². The molecule has 0 aliphatic heterocycles. The molecule has 1 aromatic heterocycles. The van der Waals surface area contributed by atoms with E-state index in [1.165, 1.54) is 0 Å². The van der Waals surface area contributed by atoms with Gasteiger partial charge in [-0.05, 0) is 29.8 Å². The lowest BCUT2D eigenvalue weighted by Gasteiger charge is -2.14. The molecule has 0 atom stereocenters. The van der Waals surface area contributed by atoms with Gasteiger partial charge in [-0.25, -0.2) is 0 Å². The summed E-state index contributed by atoms with van der Waals surface area (Å²) < 4.78 is 5.52. The van der Waals surface area contributed by atoms with Crippen molar-refractivity contribution >= 4 is 28.7 Å². The van der Waals surface area contributed by atoms with E-state index in [4.69, 9.17) is 4.74 Å². The van der Waals surface area contributed by atoms with E-state index in [0.29, 0.717) is 0 Å². The molecule has 0 aliphatic carbocycles. The van der Waals surface area contributed by atoms with Crippen molar-refractivity contribution in [2.24, 2.45) is 0 Å². The number of pyridine rings is 1. The average Bonchev–Trinajstić information content (AvgIpc) is 2.59. The molecule has 0 spiro atoms. The molecule has 0 saturated carbocycles. The quantitative estimate of drug-likeness (QED) is 0.710. The van der Waals surface area contributed by atoms with Crippen LogP contribution in [0.5, 0.6) is 5.75 Å². The number of fused-ring (bicyclic) bond motifs is 1. The number of benzene rings is 2. The predicted octanol–water partition coefficient (Wildman–Crippen LogP) is 4.48. The first-order chi connectivity index (χ1) is 11.2. The molecule has 0 amide bonds. The fourth-order valence-electron chi connectivity index (χ4n) is 2.56. The molecular formula is C20H20N2O. The Morgan fingerprint density at radius 3 is 2.52 bits per heavy atom. The van der Waals surface area contributed by atoms with Crippen LogP contribution in [0.4, 0.5) is 5.69 Å². The Hall–Kier alpha value is -2.81. The Morgan fingerprint density at radius 2 is 1.74 bits per heavy atom. The Bertz CT molecular complexity index is 848. The normalized spacial score (nSPS) is 11.1. The van der Waals surface area contributed by atoms with Crippen molar-refractivity contribution in [3.63, 3.8) is 0 Å². The minimum Gasteiger partial charge on any atom is -0.496 e. The summed E-state index contributed by atoms with van der Waals surface area (Å²) in [5, 5.41) is 1.15. The van der Waals surface area contributed by atoms with E-state index in [2.05, 4.69) is 40.2 Å². The van der Waals surface area contributed by atoms with Crippen molar-refractivity contribution in [2.75, 3.05) is 26.1 Å². The molecule has 0 unspecified atom stereocenters. The zero-order valence-corrected chi connectivity index (χ0v) is 13.7. The number of para-hydroxylation sites is 1. The highest BCUT2D eigenvalue weighted by Gasteiger charge is 2.04. The van der Waals surface area contributed by atoms with Gasteiger partial charge in [-0.3, -0.25) is 4.98 Å². The van der Waals surface area contributed by atoms with Crippen LogP contribution < -0.4 is 9.64 Å². The minimum atomic E-state index is 0.866. The summed E-state index contributed by atoms with van der Waals surface area (Å²) in [5.41, 5.74) is 4.33. The molecule has 0 N–H and O–H groups in total. The van der Waals surface area contributed by atoms with Gasteiger partial charge in [0.25, 0.3) is 0 Å². The van der Waals surface area contributed by atoms with E-state index >= 15 is 0 Å². The van der Waals surface area contributed by atoms with Crippen molar-refractivity contribution in [3.8, 4) is 5.75 Å². The highest BCUT2D eigenvalue weighted by molar-refractivity contribution is 5.90. The van der Waals surface area contributed by atoms with Crippen LogP contribution in [0.25, 0.3) is 23.1 Å². The standard InChI is InChI=1S/C20H20N2O/c1-22(2)17-11-10-16(20(14-17)23-3)9-8-15-12-13-21-19-7-5-4-6-18(15)19/h4-14H,1-3H3. The average molecular weight is 304 g/mol. The lowest BCUT2D eigenvalue weighted by Crippen LogP contribution is -2.08. The van der Waals surface area contributed by atoms with Crippen molar-refractivity contribution in [2.45, 2.75) is 0 Å². The molecule has 3 aromatic rings. The molecule has 3 nitrogen and oxygen atoms in total. The monoisotopic (exact) mass is 304 g/mol. The molecule has 23 heavy (non-hydrogen) atoms. The number of aromatic nitrogens is 1. The van der Waals surface area contributed by atoms with E-state index in [1.807, 2.05) is 50.6 Å². The number of nitrogens with zero attached hydrogens (tertiary/aromatic N) is 2.